The molecule has 0 aliphatic heterocycles. The summed E-state index contributed by atoms with van der Waals surface area (Å²) in [6.45, 7) is 3.95. The minimum Gasteiger partial charge on any atom is -0.497 e. The summed E-state index contributed by atoms with van der Waals surface area (Å²) in [6.07, 6.45) is 0.769. The Bertz CT molecular complexity index is 1380. The zero-order chi connectivity index (χ0) is 24.9. The molecule has 2 aromatic heterocycles. The van der Waals surface area contributed by atoms with Crippen molar-refractivity contribution in [2.75, 3.05) is 12.4 Å². The molecule has 10 heteroatoms. The molecule has 0 bridgehead atoms. The number of amides is 2. The maximum Gasteiger partial charge on any atom is 0.319 e. The Hall–Kier alpha value is -3.69. The first-order valence-electron chi connectivity index (χ1n) is 10.9. The third-order valence-electron chi connectivity index (χ3n) is 5.30. The second kappa shape index (κ2) is 10.7. The summed E-state index contributed by atoms with van der Waals surface area (Å²) in [4.78, 5) is 27.0. The van der Waals surface area contributed by atoms with E-state index in [1.54, 1.807) is 60.2 Å². The highest BCUT2D eigenvalue weighted by atomic mass is 35.5. The van der Waals surface area contributed by atoms with Crippen LogP contribution in [0.4, 0.5) is 10.5 Å². The molecule has 0 aliphatic rings. The molecule has 0 aliphatic carbocycles. The lowest BCUT2D eigenvalue weighted by Gasteiger charge is -2.11. The molecule has 0 spiro atoms. The van der Waals surface area contributed by atoms with Gasteiger partial charge in [-0.25, -0.2) is 4.79 Å². The largest absolute Gasteiger partial charge is 0.497 e. The van der Waals surface area contributed by atoms with Crippen molar-refractivity contribution >= 4 is 40.4 Å². The van der Waals surface area contributed by atoms with Crippen LogP contribution in [0.1, 0.15) is 39.4 Å². The molecule has 0 fully saturated rings. The molecule has 4 aromatic rings. The van der Waals surface area contributed by atoms with Crippen LogP contribution in [-0.4, -0.2) is 33.7 Å². The van der Waals surface area contributed by atoms with Gasteiger partial charge in [0.15, 0.2) is 11.6 Å². The number of hydrogen-bond donors (Lipinski definition) is 2. The second-order valence-electron chi connectivity index (χ2n) is 7.63. The summed E-state index contributed by atoms with van der Waals surface area (Å²) in [5, 5.41) is 15.1. The fraction of sp³-hybridized carbons (Fsp3) is 0.200. The van der Waals surface area contributed by atoms with Crippen LogP contribution in [0.5, 0.6) is 5.75 Å². The monoisotopic (exact) mass is 509 g/mol. The number of ketones is 1. The van der Waals surface area contributed by atoms with E-state index in [9.17, 15) is 9.59 Å². The lowest BCUT2D eigenvalue weighted by Crippen LogP contribution is -2.29. The van der Waals surface area contributed by atoms with Gasteiger partial charge >= 0.3 is 6.03 Å². The van der Waals surface area contributed by atoms with Gasteiger partial charge in [-0.1, -0.05) is 36.7 Å². The minimum absolute atomic E-state index is 0.107. The van der Waals surface area contributed by atoms with Crippen molar-refractivity contribution in [2.45, 2.75) is 26.8 Å². The topological polar surface area (TPSA) is 98.1 Å². The zero-order valence-electron chi connectivity index (χ0n) is 19.5. The van der Waals surface area contributed by atoms with Crippen LogP contribution in [0.25, 0.3) is 5.00 Å². The number of aryl methyl sites for hydroxylation is 2. The lowest BCUT2D eigenvalue weighted by atomic mass is 10.0. The van der Waals surface area contributed by atoms with Crippen LogP contribution >= 0.6 is 22.9 Å². The van der Waals surface area contributed by atoms with Gasteiger partial charge in [0.25, 0.3) is 0 Å². The number of methoxy groups -OCH3 is 1. The molecule has 0 unspecified atom stereocenters. The average molecular weight is 510 g/mol. The molecule has 2 amide bonds. The quantitative estimate of drug-likeness (QED) is 0.309. The second-order valence-corrected chi connectivity index (χ2v) is 9.15. The Balaban J connectivity index is 1.60. The predicted molar refractivity (Wildman–Crippen MR) is 137 cm³/mol. The van der Waals surface area contributed by atoms with Crippen LogP contribution in [-0.2, 0) is 13.0 Å². The molecule has 35 heavy (non-hydrogen) atoms. The van der Waals surface area contributed by atoms with Gasteiger partial charge in [0.05, 0.1) is 24.2 Å². The Morgan fingerprint density at radius 3 is 2.63 bits per heavy atom. The SMILES string of the molecule is CCc1cc(C(=O)c2ccccc2Cl)c(-n2c(C)nnc2CNC(=O)Nc2cccc(OC)c2)s1. The molecule has 2 heterocycles. The number of urea groups is 1. The highest BCUT2D eigenvalue weighted by Crippen LogP contribution is 2.32. The summed E-state index contributed by atoms with van der Waals surface area (Å²) >= 11 is 7.80. The Kier molecular flexibility index (Phi) is 7.48. The van der Waals surface area contributed by atoms with Gasteiger partial charge < -0.3 is 15.4 Å². The number of hydrogen-bond acceptors (Lipinski definition) is 6. The number of benzene rings is 2. The third kappa shape index (κ3) is 5.36. The van der Waals surface area contributed by atoms with E-state index >= 15 is 0 Å². The zero-order valence-corrected chi connectivity index (χ0v) is 21.0. The molecule has 2 N–H and O–H groups in total. The van der Waals surface area contributed by atoms with Crippen LogP contribution < -0.4 is 15.4 Å². The molecule has 0 saturated carbocycles. The number of nitrogens with one attached hydrogen (secondary N) is 2. The number of halogens is 1. The van der Waals surface area contributed by atoms with Gasteiger partial charge in [-0.2, -0.15) is 0 Å². The highest BCUT2D eigenvalue weighted by molar-refractivity contribution is 7.15. The molecule has 180 valence electrons. The highest BCUT2D eigenvalue weighted by Gasteiger charge is 2.24. The van der Waals surface area contributed by atoms with E-state index in [1.807, 2.05) is 19.9 Å². The van der Waals surface area contributed by atoms with Crippen molar-refractivity contribution in [2.24, 2.45) is 0 Å². The van der Waals surface area contributed by atoms with Crippen molar-refractivity contribution in [1.82, 2.24) is 20.1 Å². The first-order chi connectivity index (χ1) is 16.9. The van der Waals surface area contributed by atoms with Gasteiger partial charge in [0.2, 0.25) is 0 Å². The average Bonchev–Trinajstić information content (AvgIpc) is 3.45. The van der Waals surface area contributed by atoms with Gasteiger partial charge in [-0.15, -0.1) is 21.5 Å². The van der Waals surface area contributed by atoms with Gasteiger partial charge in [-0.3, -0.25) is 9.36 Å². The summed E-state index contributed by atoms with van der Waals surface area (Å²) in [5.41, 5.74) is 1.54. The van der Waals surface area contributed by atoms with E-state index in [4.69, 9.17) is 16.3 Å². The van der Waals surface area contributed by atoms with Crippen molar-refractivity contribution in [3.05, 3.63) is 87.3 Å². The van der Waals surface area contributed by atoms with Crippen LogP contribution in [0.2, 0.25) is 5.02 Å². The van der Waals surface area contributed by atoms with Crippen LogP contribution in [0.3, 0.4) is 0 Å². The standard InChI is InChI=1S/C25H24ClN5O3S/c1-4-18-13-20(23(32)19-10-5-6-11-21(19)26)24(35-18)31-15(2)29-30-22(31)14-27-25(33)28-16-8-7-9-17(12-16)34-3/h5-13H,4,14H2,1-3H3,(H2,27,28,33). The first kappa shape index (κ1) is 24.4. The van der Waals surface area contributed by atoms with Gasteiger partial charge in [0, 0.05) is 22.2 Å². The smallest absolute Gasteiger partial charge is 0.319 e. The minimum atomic E-state index is -0.404. The van der Waals surface area contributed by atoms with Crippen molar-refractivity contribution < 1.29 is 14.3 Å². The summed E-state index contributed by atoms with van der Waals surface area (Å²) < 4.78 is 6.99. The number of thiophene rings is 1. The molecular formula is C25H24ClN5O3S. The Morgan fingerprint density at radius 1 is 1.09 bits per heavy atom. The Morgan fingerprint density at radius 2 is 1.89 bits per heavy atom. The first-order valence-corrected chi connectivity index (χ1v) is 12.1. The molecule has 2 aromatic carbocycles. The van der Waals surface area contributed by atoms with E-state index in [-0.39, 0.29) is 12.3 Å². The third-order valence-corrected chi connectivity index (χ3v) is 6.90. The van der Waals surface area contributed by atoms with Crippen LogP contribution in [0, 0.1) is 6.92 Å². The fourth-order valence-electron chi connectivity index (χ4n) is 3.55. The van der Waals surface area contributed by atoms with Crippen molar-refractivity contribution in [3.8, 4) is 10.8 Å². The molecule has 0 atom stereocenters. The fourth-order valence-corrected chi connectivity index (χ4v) is 4.93. The Labute approximate surface area is 211 Å². The van der Waals surface area contributed by atoms with E-state index in [0.29, 0.717) is 44.2 Å². The number of nitrogens with zero attached hydrogens (tertiary/aromatic N) is 3. The summed E-state index contributed by atoms with van der Waals surface area (Å²) in [7, 11) is 1.56. The lowest BCUT2D eigenvalue weighted by molar-refractivity contribution is 0.103. The van der Waals surface area contributed by atoms with Crippen molar-refractivity contribution in [3.63, 3.8) is 0 Å². The number of anilines is 1. The van der Waals surface area contributed by atoms with Gasteiger partial charge in [-0.05, 0) is 43.7 Å². The maximum absolute atomic E-state index is 13.4. The summed E-state index contributed by atoms with van der Waals surface area (Å²) in [5.74, 6) is 1.57. The number of carbonyl (C=O) groups is 2. The normalized spacial score (nSPS) is 10.7. The van der Waals surface area contributed by atoms with E-state index in [1.165, 1.54) is 11.3 Å². The number of aromatic nitrogens is 3. The molecule has 0 radical (unpaired) electrons. The predicted octanol–water partition coefficient (Wildman–Crippen LogP) is 5.41. The summed E-state index contributed by atoms with van der Waals surface area (Å²) in [6, 6.07) is 15.5. The van der Waals surface area contributed by atoms with E-state index in [2.05, 4.69) is 20.8 Å². The number of rotatable bonds is 8. The van der Waals surface area contributed by atoms with E-state index in [0.717, 1.165) is 11.3 Å². The van der Waals surface area contributed by atoms with Crippen molar-refractivity contribution in [1.29, 1.82) is 0 Å². The molecular weight excluding hydrogens is 486 g/mol. The maximum atomic E-state index is 13.4. The number of carbonyl (C=O) groups excluding carboxylic acids is 2. The molecule has 8 nitrogen and oxygen atoms in total. The van der Waals surface area contributed by atoms with E-state index < -0.39 is 6.03 Å². The van der Waals surface area contributed by atoms with Gasteiger partial charge in [0.1, 0.15) is 16.6 Å². The number of ether oxygens (including phenoxy) is 1. The molecule has 4 rings (SSSR count). The van der Waals surface area contributed by atoms with Crippen LogP contribution in [0.15, 0.2) is 54.6 Å². The molecule has 0 saturated heterocycles.